The SMILES string of the molecule is CCC(C(=O)NCCSC(C)(C)C)N(c1ccc(C)cc1)S(C)(=O)=O. The Morgan fingerprint density at radius 3 is 2.24 bits per heavy atom. The monoisotopic (exact) mass is 386 g/mol. The minimum atomic E-state index is -3.57. The fourth-order valence-corrected chi connectivity index (χ4v) is 4.43. The van der Waals surface area contributed by atoms with Crippen molar-refractivity contribution in [1.82, 2.24) is 5.32 Å². The van der Waals surface area contributed by atoms with Crippen LogP contribution in [0.25, 0.3) is 0 Å². The van der Waals surface area contributed by atoms with Crippen molar-refractivity contribution in [3.8, 4) is 0 Å². The van der Waals surface area contributed by atoms with Gasteiger partial charge in [0.15, 0.2) is 0 Å². The molecular weight excluding hydrogens is 356 g/mol. The van der Waals surface area contributed by atoms with Gasteiger partial charge in [0.25, 0.3) is 0 Å². The van der Waals surface area contributed by atoms with E-state index in [1.54, 1.807) is 23.9 Å². The van der Waals surface area contributed by atoms with Crippen LogP contribution >= 0.6 is 11.8 Å². The number of nitrogens with zero attached hydrogens (tertiary/aromatic N) is 1. The van der Waals surface area contributed by atoms with Crippen LogP contribution in [0.1, 0.15) is 39.7 Å². The number of anilines is 1. The number of rotatable bonds is 8. The third kappa shape index (κ3) is 7.28. The number of benzene rings is 1. The van der Waals surface area contributed by atoms with Gasteiger partial charge in [-0.2, -0.15) is 11.8 Å². The largest absolute Gasteiger partial charge is 0.353 e. The van der Waals surface area contributed by atoms with Crippen molar-refractivity contribution >= 4 is 33.4 Å². The highest BCUT2D eigenvalue weighted by Gasteiger charge is 2.31. The first-order valence-corrected chi connectivity index (χ1v) is 11.3. The number of sulfonamides is 1. The minimum Gasteiger partial charge on any atom is -0.353 e. The second-order valence-electron chi connectivity index (χ2n) is 7.07. The lowest BCUT2D eigenvalue weighted by atomic mass is 10.1. The van der Waals surface area contributed by atoms with Gasteiger partial charge in [-0.15, -0.1) is 0 Å². The summed E-state index contributed by atoms with van der Waals surface area (Å²) in [6.07, 6.45) is 1.54. The Hall–Kier alpha value is -1.21. The molecule has 0 spiro atoms. The molecule has 5 nitrogen and oxygen atoms in total. The molecule has 1 atom stereocenters. The van der Waals surface area contributed by atoms with Crippen molar-refractivity contribution in [2.75, 3.05) is 22.9 Å². The van der Waals surface area contributed by atoms with Crippen LogP contribution in [0, 0.1) is 6.92 Å². The molecule has 0 saturated heterocycles. The molecule has 7 heteroatoms. The van der Waals surface area contributed by atoms with E-state index in [9.17, 15) is 13.2 Å². The lowest BCUT2D eigenvalue weighted by Gasteiger charge is -2.30. The molecule has 1 amide bonds. The topological polar surface area (TPSA) is 66.5 Å². The molecule has 0 aromatic heterocycles. The Kier molecular flexibility index (Phi) is 7.81. The first kappa shape index (κ1) is 21.8. The lowest BCUT2D eigenvalue weighted by molar-refractivity contribution is -0.122. The van der Waals surface area contributed by atoms with Gasteiger partial charge in [-0.05, 0) is 25.5 Å². The van der Waals surface area contributed by atoms with Crippen molar-refractivity contribution in [3.05, 3.63) is 29.8 Å². The second kappa shape index (κ2) is 8.94. The summed E-state index contributed by atoms with van der Waals surface area (Å²) >= 11 is 1.76. The summed E-state index contributed by atoms with van der Waals surface area (Å²) in [5.41, 5.74) is 1.55. The zero-order chi connectivity index (χ0) is 19.3. The third-order valence-corrected chi connectivity index (χ3v) is 6.01. The number of thioether (sulfide) groups is 1. The summed E-state index contributed by atoms with van der Waals surface area (Å²) in [5.74, 6) is 0.526. The molecule has 0 heterocycles. The summed E-state index contributed by atoms with van der Waals surface area (Å²) in [4.78, 5) is 12.6. The molecule has 0 aliphatic rings. The van der Waals surface area contributed by atoms with Crippen molar-refractivity contribution in [2.45, 2.75) is 51.8 Å². The maximum Gasteiger partial charge on any atom is 0.243 e. The summed E-state index contributed by atoms with van der Waals surface area (Å²) in [6.45, 7) is 10.6. The highest BCUT2D eigenvalue weighted by Crippen LogP contribution is 2.24. The van der Waals surface area contributed by atoms with Gasteiger partial charge in [-0.3, -0.25) is 9.10 Å². The number of aryl methyl sites for hydroxylation is 1. The minimum absolute atomic E-state index is 0.135. The average Bonchev–Trinajstić information content (AvgIpc) is 2.48. The number of hydrogen-bond donors (Lipinski definition) is 1. The van der Waals surface area contributed by atoms with Crippen LogP contribution in [-0.2, 0) is 14.8 Å². The van der Waals surface area contributed by atoms with E-state index in [1.807, 2.05) is 26.0 Å². The molecule has 0 fully saturated rings. The average molecular weight is 387 g/mol. The molecule has 1 N–H and O–H groups in total. The third-order valence-electron chi connectivity index (χ3n) is 3.55. The predicted octanol–water partition coefficient (Wildman–Crippen LogP) is 3.19. The molecule has 1 unspecified atom stereocenters. The number of carbonyl (C=O) groups is 1. The highest BCUT2D eigenvalue weighted by atomic mass is 32.2. The molecule has 0 saturated carbocycles. The van der Waals surface area contributed by atoms with Crippen molar-refractivity contribution < 1.29 is 13.2 Å². The van der Waals surface area contributed by atoms with Crippen LogP contribution in [-0.4, -0.2) is 43.7 Å². The molecule has 1 rings (SSSR count). The van der Waals surface area contributed by atoms with Crippen LogP contribution in [0.2, 0.25) is 0 Å². The number of amides is 1. The van der Waals surface area contributed by atoms with Crippen molar-refractivity contribution in [3.63, 3.8) is 0 Å². The quantitative estimate of drug-likeness (QED) is 0.697. The van der Waals surface area contributed by atoms with E-state index >= 15 is 0 Å². The fourth-order valence-electron chi connectivity index (χ4n) is 2.40. The van der Waals surface area contributed by atoms with Gasteiger partial charge in [-0.25, -0.2) is 8.42 Å². The lowest BCUT2D eigenvalue weighted by Crippen LogP contribution is -2.49. The molecule has 1 aromatic carbocycles. The van der Waals surface area contributed by atoms with E-state index in [-0.39, 0.29) is 10.7 Å². The second-order valence-corrected chi connectivity index (χ2v) is 10.9. The molecule has 0 aliphatic carbocycles. The number of hydrogen-bond acceptors (Lipinski definition) is 4. The maximum atomic E-state index is 12.6. The summed E-state index contributed by atoms with van der Waals surface area (Å²) in [7, 11) is -3.57. The molecule has 0 aliphatic heterocycles. The normalized spacial score (nSPS) is 13.4. The Balaban J connectivity index is 2.91. The van der Waals surface area contributed by atoms with Gasteiger partial charge in [0.05, 0.1) is 11.9 Å². The highest BCUT2D eigenvalue weighted by molar-refractivity contribution is 8.00. The standard InChI is InChI=1S/C18H30N2O3S2/c1-7-16(17(21)19-12-13-24-18(3,4)5)20(25(6,22)23)15-10-8-14(2)9-11-15/h8-11,16H,7,12-13H2,1-6H3,(H,19,21). The van der Waals surface area contributed by atoms with Crippen molar-refractivity contribution in [1.29, 1.82) is 0 Å². The zero-order valence-electron chi connectivity index (χ0n) is 16.0. The van der Waals surface area contributed by atoms with E-state index in [0.717, 1.165) is 17.6 Å². The van der Waals surface area contributed by atoms with Gasteiger partial charge in [0.1, 0.15) is 6.04 Å². The van der Waals surface area contributed by atoms with Crippen LogP contribution in [0.5, 0.6) is 0 Å². The van der Waals surface area contributed by atoms with Gasteiger partial charge in [-0.1, -0.05) is 45.4 Å². The van der Waals surface area contributed by atoms with Crippen LogP contribution in [0.4, 0.5) is 5.69 Å². The molecule has 0 radical (unpaired) electrons. The number of nitrogens with one attached hydrogen (secondary N) is 1. The van der Waals surface area contributed by atoms with E-state index < -0.39 is 16.1 Å². The van der Waals surface area contributed by atoms with Crippen LogP contribution < -0.4 is 9.62 Å². The first-order chi connectivity index (χ1) is 11.5. The number of carbonyl (C=O) groups excluding carboxylic acids is 1. The smallest absolute Gasteiger partial charge is 0.243 e. The van der Waals surface area contributed by atoms with Crippen LogP contribution in [0.15, 0.2) is 24.3 Å². The van der Waals surface area contributed by atoms with E-state index in [4.69, 9.17) is 0 Å². The molecular formula is C18H30N2O3S2. The van der Waals surface area contributed by atoms with Gasteiger partial charge >= 0.3 is 0 Å². The van der Waals surface area contributed by atoms with E-state index in [2.05, 4.69) is 26.1 Å². The van der Waals surface area contributed by atoms with Crippen LogP contribution in [0.3, 0.4) is 0 Å². The van der Waals surface area contributed by atoms with Gasteiger partial charge in [0, 0.05) is 17.0 Å². The summed E-state index contributed by atoms with van der Waals surface area (Å²) < 4.78 is 26.0. The molecule has 0 bridgehead atoms. The predicted molar refractivity (Wildman–Crippen MR) is 108 cm³/mol. The maximum absolute atomic E-state index is 12.6. The first-order valence-electron chi connectivity index (χ1n) is 8.43. The molecule has 1 aromatic rings. The summed E-state index contributed by atoms with van der Waals surface area (Å²) in [6, 6.07) is 6.41. The fraction of sp³-hybridized carbons (Fsp3) is 0.611. The Labute approximate surface area is 156 Å². The molecule has 142 valence electrons. The molecule has 25 heavy (non-hydrogen) atoms. The van der Waals surface area contributed by atoms with Gasteiger partial charge < -0.3 is 5.32 Å². The summed E-state index contributed by atoms with van der Waals surface area (Å²) in [5, 5.41) is 2.87. The van der Waals surface area contributed by atoms with E-state index in [1.165, 1.54) is 4.31 Å². The van der Waals surface area contributed by atoms with E-state index in [0.29, 0.717) is 18.7 Å². The Morgan fingerprint density at radius 2 is 1.80 bits per heavy atom. The van der Waals surface area contributed by atoms with Gasteiger partial charge in [0.2, 0.25) is 15.9 Å². The Morgan fingerprint density at radius 1 is 1.24 bits per heavy atom. The Bertz CT molecular complexity index is 665. The zero-order valence-corrected chi connectivity index (χ0v) is 17.6. The van der Waals surface area contributed by atoms with Crippen molar-refractivity contribution in [2.24, 2.45) is 0 Å².